The number of benzene rings is 2. The van der Waals surface area contributed by atoms with Crippen LogP contribution in [-0.4, -0.2) is 47.8 Å². The standard InChI is InChI=1S/C25H30NO3/c1-2-15-26-16-13-21(14-17-26)23(19-26)29-24(27)25(28,22-11-7-4-8-12-22)18-20-9-5-3-6-10-20/h2-12,21,23,28H,1,13-19H2/q+1/t21?,23-,25?,26?/m0/s1. The first kappa shape index (κ1) is 19.9. The highest BCUT2D eigenvalue weighted by molar-refractivity contribution is 5.81. The summed E-state index contributed by atoms with van der Waals surface area (Å²) in [5.74, 6) is -0.149. The number of carbonyl (C=O) groups is 1. The SMILES string of the molecule is C=CC[N+]12CCC(CC1)[C@@H](OC(=O)C(O)(Cc1ccccc1)c1ccccc1)C2. The van der Waals surface area contributed by atoms with E-state index in [9.17, 15) is 9.90 Å². The van der Waals surface area contributed by atoms with Crippen molar-refractivity contribution in [3.8, 4) is 0 Å². The van der Waals surface area contributed by atoms with Gasteiger partial charge in [0.1, 0.15) is 6.54 Å². The number of ether oxygens (including phenoxy) is 1. The van der Waals surface area contributed by atoms with Gasteiger partial charge in [0.2, 0.25) is 0 Å². The van der Waals surface area contributed by atoms with Gasteiger partial charge in [-0.15, -0.1) is 0 Å². The summed E-state index contributed by atoms with van der Waals surface area (Å²) in [5.41, 5.74) is -0.220. The Hall–Kier alpha value is -2.43. The molecule has 0 spiro atoms. The van der Waals surface area contributed by atoms with Crippen molar-refractivity contribution < 1.29 is 19.1 Å². The first-order valence-electron chi connectivity index (χ1n) is 10.5. The Morgan fingerprint density at radius 2 is 1.72 bits per heavy atom. The Balaban J connectivity index is 1.58. The van der Waals surface area contributed by atoms with Crippen LogP contribution in [0.25, 0.3) is 0 Å². The summed E-state index contributed by atoms with van der Waals surface area (Å²) in [6.07, 6.45) is 4.15. The minimum atomic E-state index is -1.70. The molecule has 3 fully saturated rings. The lowest BCUT2D eigenvalue weighted by Gasteiger charge is -2.51. The minimum absolute atomic E-state index is 0.143. The van der Waals surface area contributed by atoms with Gasteiger partial charge >= 0.3 is 5.97 Å². The molecular weight excluding hydrogens is 362 g/mol. The molecule has 0 aliphatic carbocycles. The highest BCUT2D eigenvalue weighted by Gasteiger charge is 2.49. The van der Waals surface area contributed by atoms with Gasteiger partial charge in [-0.25, -0.2) is 4.79 Å². The first-order chi connectivity index (χ1) is 14.0. The smallest absolute Gasteiger partial charge is 0.343 e. The molecule has 2 atom stereocenters. The number of rotatable bonds is 7. The van der Waals surface area contributed by atoms with Gasteiger partial charge in [0.15, 0.2) is 11.7 Å². The van der Waals surface area contributed by atoms with Crippen molar-refractivity contribution in [1.29, 1.82) is 0 Å². The van der Waals surface area contributed by atoms with E-state index in [4.69, 9.17) is 4.74 Å². The molecular formula is C25H30NO3+. The number of esters is 1. The fourth-order valence-corrected chi connectivity index (χ4v) is 5.02. The van der Waals surface area contributed by atoms with E-state index in [-0.39, 0.29) is 12.5 Å². The summed E-state index contributed by atoms with van der Waals surface area (Å²) in [5, 5.41) is 11.6. The number of nitrogens with zero attached hydrogens (tertiary/aromatic N) is 1. The first-order valence-corrected chi connectivity index (χ1v) is 10.5. The Morgan fingerprint density at radius 3 is 2.34 bits per heavy atom. The number of carbonyl (C=O) groups excluding carboxylic acids is 1. The Bertz CT molecular complexity index is 843. The van der Waals surface area contributed by atoms with Crippen LogP contribution in [0.4, 0.5) is 0 Å². The molecule has 5 rings (SSSR count). The molecule has 0 radical (unpaired) electrons. The molecule has 1 N–H and O–H groups in total. The normalized spacial score (nSPS) is 27.8. The molecule has 3 saturated heterocycles. The molecule has 3 heterocycles. The summed E-state index contributed by atoms with van der Waals surface area (Å²) < 4.78 is 6.99. The molecule has 0 aromatic heterocycles. The maximum absolute atomic E-state index is 13.4. The monoisotopic (exact) mass is 392 g/mol. The second-order valence-corrected chi connectivity index (χ2v) is 8.61. The van der Waals surface area contributed by atoms with Crippen molar-refractivity contribution in [1.82, 2.24) is 0 Å². The van der Waals surface area contributed by atoms with Crippen molar-refractivity contribution in [2.24, 2.45) is 5.92 Å². The zero-order chi connectivity index (χ0) is 20.3. The summed E-state index contributed by atoms with van der Waals surface area (Å²) in [6, 6.07) is 18.8. The summed E-state index contributed by atoms with van der Waals surface area (Å²) in [4.78, 5) is 13.4. The Labute approximate surface area is 173 Å². The van der Waals surface area contributed by atoms with E-state index in [2.05, 4.69) is 6.58 Å². The maximum Gasteiger partial charge on any atom is 0.343 e. The number of aliphatic hydroxyl groups is 1. The molecule has 3 aliphatic heterocycles. The zero-order valence-corrected chi connectivity index (χ0v) is 16.9. The predicted molar refractivity (Wildman–Crippen MR) is 113 cm³/mol. The summed E-state index contributed by atoms with van der Waals surface area (Å²) in [6.45, 7) is 7.89. The molecule has 152 valence electrons. The molecule has 29 heavy (non-hydrogen) atoms. The molecule has 2 aromatic rings. The van der Waals surface area contributed by atoms with Crippen molar-refractivity contribution in [3.05, 3.63) is 84.4 Å². The molecule has 4 heteroatoms. The molecule has 2 aromatic carbocycles. The molecule has 1 unspecified atom stereocenters. The summed E-state index contributed by atoms with van der Waals surface area (Å²) in [7, 11) is 0. The second kappa shape index (κ2) is 8.13. The van der Waals surface area contributed by atoms with Gasteiger partial charge in [-0.3, -0.25) is 0 Å². The number of quaternary nitrogens is 1. The van der Waals surface area contributed by atoms with Gasteiger partial charge in [0, 0.05) is 25.2 Å². The van der Waals surface area contributed by atoms with Crippen molar-refractivity contribution in [2.45, 2.75) is 31.0 Å². The van der Waals surface area contributed by atoms with Gasteiger partial charge in [-0.05, 0) is 17.2 Å². The van der Waals surface area contributed by atoms with E-state index in [0.717, 1.165) is 49.1 Å². The second-order valence-electron chi connectivity index (χ2n) is 8.61. The van der Waals surface area contributed by atoms with E-state index in [1.807, 2.05) is 54.6 Å². The maximum atomic E-state index is 13.4. The molecule has 0 amide bonds. The van der Waals surface area contributed by atoms with E-state index >= 15 is 0 Å². The third-order valence-corrected chi connectivity index (χ3v) is 6.71. The number of hydrogen-bond acceptors (Lipinski definition) is 3. The van der Waals surface area contributed by atoms with Crippen LogP contribution in [0.2, 0.25) is 0 Å². The van der Waals surface area contributed by atoms with E-state index < -0.39 is 11.6 Å². The Kier molecular flexibility index (Phi) is 5.57. The van der Waals surface area contributed by atoms with Crippen molar-refractivity contribution in [2.75, 3.05) is 26.2 Å². The lowest BCUT2D eigenvalue weighted by molar-refractivity contribution is -0.941. The van der Waals surface area contributed by atoms with Gasteiger partial charge < -0.3 is 14.3 Å². The van der Waals surface area contributed by atoms with Crippen LogP contribution in [0, 0.1) is 5.92 Å². The largest absolute Gasteiger partial charge is 0.454 e. The van der Waals surface area contributed by atoms with Gasteiger partial charge in [0.25, 0.3) is 0 Å². The van der Waals surface area contributed by atoms with Crippen LogP contribution in [0.3, 0.4) is 0 Å². The number of piperidine rings is 3. The fourth-order valence-electron chi connectivity index (χ4n) is 5.02. The van der Waals surface area contributed by atoms with Crippen LogP contribution >= 0.6 is 0 Å². The average molecular weight is 393 g/mol. The topological polar surface area (TPSA) is 46.5 Å². The highest BCUT2D eigenvalue weighted by Crippen LogP contribution is 2.37. The number of hydrogen-bond donors (Lipinski definition) is 1. The van der Waals surface area contributed by atoms with Crippen molar-refractivity contribution in [3.63, 3.8) is 0 Å². The van der Waals surface area contributed by atoms with E-state index in [1.165, 1.54) is 0 Å². The van der Waals surface area contributed by atoms with E-state index in [1.54, 1.807) is 12.1 Å². The average Bonchev–Trinajstić information content (AvgIpc) is 2.76. The van der Waals surface area contributed by atoms with Crippen molar-refractivity contribution >= 4 is 5.97 Å². The van der Waals surface area contributed by atoms with Crippen LogP contribution in [0.1, 0.15) is 24.0 Å². The molecule has 2 bridgehead atoms. The van der Waals surface area contributed by atoms with Gasteiger partial charge in [-0.2, -0.15) is 0 Å². The fraction of sp³-hybridized carbons (Fsp3) is 0.400. The summed E-state index contributed by atoms with van der Waals surface area (Å²) >= 11 is 0. The number of fused-ring (bicyclic) bond motifs is 3. The predicted octanol–water partition coefficient (Wildman–Crippen LogP) is 3.46. The molecule has 3 aliphatic rings. The van der Waals surface area contributed by atoms with E-state index in [0.29, 0.717) is 11.5 Å². The van der Waals surface area contributed by atoms with Crippen LogP contribution in [0.5, 0.6) is 0 Å². The molecule has 0 saturated carbocycles. The highest BCUT2D eigenvalue weighted by atomic mass is 16.6. The Morgan fingerprint density at radius 1 is 1.10 bits per heavy atom. The quantitative estimate of drug-likeness (QED) is 0.446. The zero-order valence-electron chi connectivity index (χ0n) is 16.9. The van der Waals surface area contributed by atoms with Gasteiger partial charge in [-0.1, -0.05) is 67.2 Å². The van der Waals surface area contributed by atoms with Gasteiger partial charge in [0.05, 0.1) is 19.6 Å². The minimum Gasteiger partial charge on any atom is -0.454 e. The van der Waals surface area contributed by atoms with Crippen LogP contribution in [-0.2, 0) is 21.6 Å². The van der Waals surface area contributed by atoms with Crippen LogP contribution < -0.4 is 0 Å². The third-order valence-electron chi connectivity index (χ3n) is 6.71. The molecule has 4 nitrogen and oxygen atoms in total. The lowest BCUT2D eigenvalue weighted by atomic mass is 9.82. The lowest BCUT2D eigenvalue weighted by Crippen LogP contribution is -2.64. The van der Waals surface area contributed by atoms with Crippen LogP contribution in [0.15, 0.2) is 73.3 Å². The third kappa shape index (κ3) is 4.00.